The predicted molar refractivity (Wildman–Crippen MR) is 174 cm³/mol. The van der Waals surface area contributed by atoms with Crippen LogP contribution in [0.4, 0.5) is 11.6 Å². The minimum Gasteiger partial charge on any atom is -0.493 e. The Hall–Kier alpha value is -4.49. The fourth-order valence-corrected chi connectivity index (χ4v) is 6.52. The molecular formula is C34H41N7O6. The third kappa shape index (κ3) is 6.82. The molecule has 47 heavy (non-hydrogen) atoms. The molecule has 2 atom stereocenters. The average molecular weight is 644 g/mol. The molecule has 3 aliphatic heterocycles. The summed E-state index contributed by atoms with van der Waals surface area (Å²) < 4.78 is 27.4. The number of anilines is 2. The SMILES string of the molecule is COc1cc(-c2nc(Nc3ccc4c(cnn4C4CCCCO4)c3)nn2C2CCCCO2)ccc1OCC(=O)CC1CN(C(C)=O)C1. The van der Waals surface area contributed by atoms with Crippen LogP contribution in [0.25, 0.3) is 22.3 Å². The third-order valence-corrected chi connectivity index (χ3v) is 9.07. The Kier molecular flexibility index (Phi) is 9.07. The van der Waals surface area contributed by atoms with Crippen molar-refractivity contribution in [3.8, 4) is 22.9 Å². The van der Waals surface area contributed by atoms with E-state index in [1.165, 1.54) is 0 Å². The van der Waals surface area contributed by atoms with Crippen molar-refractivity contribution in [2.24, 2.45) is 5.92 Å². The number of benzene rings is 2. The monoisotopic (exact) mass is 643 g/mol. The Balaban J connectivity index is 1.08. The summed E-state index contributed by atoms with van der Waals surface area (Å²) in [5.41, 5.74) is 2.64. The number of Topliss-reactive ketones (excluding diaryl/α,β-unsaturated/α-hetero) is 1. The highest BCUT2D eigenvalue weighted by atomic mass is 16.5. The van der Waals surface area contributed by atoms with Crippen LogP contribution >= 0.6 is 0 Å². The number of hydrogen-bond donors (Lipinski definition) is 1. The van der Waals surface area contributed by atoms with E-state index >= 15 is 0 Å². The van der Waals surface area contributed by atoms with Crippen molar-refractivity contribution in [3.05, 3.63) is 42.6 Å². The lowest BCUT2D eigenvalue weighted by Crippen LogP contribution is -2.49. The molecule has 0 spiro atoms. The topological polar surface area (TPSA) is 135 Å². The summed E-state index contributed by atoms with van der Waals surface area (Å²) in [4.78, 5) is 30.6. The van der Waals surface area contributed by atoms with Gasteiger partial charge < -0.3 is 29.2 Å². The van der Waals surface area contributed by atoms with E-state index in [0.29, 0.717) is 49.4 Å². The molecule has 0 bridgehead atoms. The fourth-order valence-electron chi connectivity index (χ4n) is 6.52. The Morgan fingerprint density at radius 1 is 0.957 bits per heavy atom. The van der Waals surface area contributed by atoms with Gasteiger partial charge in [0.25, 0.3) is 0 Å². The molecule has 1 N–H and O–H groups in total. The average Bonchev–Trinajstić information content (AvgIpc) is 3.70. The molecule has 248 valence electrons. The summed E-state index contributed by atoms with van der Waals surface area (Å²) in [5, 5.41) is 13.8. The van der Waals surface area contributed by atoms with Gasteiger partial charge in [0.2, 0.25) is 11.9 Å². The summed E-state index contributed by atoms with van der Waals surface area (Å²) in [6, 6.07) is 11.6. The number of carbonyl (C=O) groups excluding carboxylic acids is 2. The number of carbonyl (C=O) groups is 2. The number of nitrogens with one attached hydrogen (secondary N) is 1. The number of hydrogen-bond acceptors (Lipinski definition) is 10. The zero-order valence-corrected chi connectivity index (χ0v) is 26.9. The number of nitrogens with zero attached hydrogens (tertiary/aromatic N) is 6. The normalized spacial score (nSPS) is 20.2. The van der Waals surface area contributed by atoms with Crippen LogP contribution in [0.5, 0.6) is 11.5 Å². The first kappa shape index (κ1) is 31.1. The molecule has 3 saturated heterocycles. The van der Waals surface area contributed by atoms with Gasteiger partial charge in [-0.05, 0) is 74.9 Å². The maximum Gasteiger partial charge on any atom is 0.247 e. The standard InChI is InChI=1S/C34H41N7O6/c1-22(42)39-19-23(20-39)15-27(43)21-47-29-12-9-24(17-30(29)44-2)33-37-34(38-41(33)32-8-4-6-14-46-32)36-26-10-11-28-25(16-26)18-35-40(28)31-7-3-5-13-45-31/h9-12,16-18,23,31-32H,3-8,13-15,19-21H2,1-2H3,(H,36,38). The number of amides is 1. The highest BCUT2D eigenvalue weighted by molar-refractivity contribution is 5.83. The highest BCUT2D eigenvalue weighted by Crippen LogP contribution is 2.36. The predicted octanol–water partition coefficient (Wildman–Crippen LogP) is 5.26. The van der Waals surface area contributed by atoms with Gasteiger partial charge in [-0.15, -0.1) is 5.10 Å². The van der Waals surface area contributed by atoms with Crippen molar-refractivity contribution < 1.29 is 28.5 Å². The van der Waals surface area contributed by atoms with Crippen LogP contribution in [0.2, 0.25) is 0 Å². The highest BCUT2D eigenvalue weighted by Gasteiger charge is 2.30. The van der Waals surface area contributed by atoms with Gasteiger partial charge in [-0.1, -0.05) is 0 Å². The summed E-state index contributed by atoms with van der Waals surface area (Å²) in [6.07, 6.45) is 8.04. The van der Waals surface area contributed by atoms with Crippen LogP contribution in [0, 0.1) is 5.92 Å². The molecule has 3 aliphatic rings. The van der Waals surface area contributed by atoms with Crippen molar-refractivity contribution in [2.75, 3.05) is 45.3 Å². The van der Waals surface area contributed by atoms with Crippen molar-refractivity contribution in [2.45, 2.75) is 64.3 Å². The van der Waals surface area contributed by atoms with E-state index in [4.69, 9.17) is 29.0 Å². The lowest BCUT2D eigenvalue weighted by Gasteiger charge is -2.38. The van der Waals surface area contributed by atoms with Gasteiger partial charge in [-0.2, -0.15) is 10.1 Å². The maximum atomic E-state index is 12.6. The van der Waals surface area contributed by atoms with Crippen LogP contribution in [-0.2, 0) is 19.1 Å². The molecule has 2 aromatic heterocycles. The van der Waals surface area contributed by atoms with Crippen LogP contribution < -0.4 is 14.8 Å². The Morgan fingerprint density at radius 2 is 1.72 bits per heavy atom. The van der Waals surface area contributed by atoms with Gasteiger partial charge in [0.05, 0.1) is 18.8 Å². The number of rotatable bonds is 11. The van der Waals surface area contributed by atoms with Gasteiger partial charge in [0, 0.05) is 62.2 Å². The summed E-state index contributed by atoms with van der Waals surface area (Å²) in [6.45, 7) is 4.15. The second-order valence-corrected chi connectivity index (χ2v) is 12.5. The number of ether oxygens (including phenoxy) is 4. The first-order valence-electron chi connectivity index (χ1n) is 16.5. The summed E-state index contributed by atoms with van der Waals surface area (Å²) in [5.74, 6) is 2.24. The number of aromatic nitrogens is 5. The quantitative estimate of drug-likeness (QED) is 0.231. The molecule has 0 saturated carbocycles. The molecule has 2 unspecified atom stereocenters. The van der Waals surface area contributed by atoms with Gasteiger partial charge in [0.15, 0.2) is 35.6 Å². The molecular weight excluding hydrogens is 602 g/mol. The van der Waals surface area contributed by atoms with E-state index in [0.717, 1.165) is 67.3 Å². The minimum absolute atomic E-state index is 0.0120. The summed E-state index contributed by atoms with van der Waals surface area (Å²) in [7, 11) is 1.57. The zero-order valence-electron chi connectivity index (χ0n) is 26.9. The van der Waals surface area contributed by atoms with Gasteiger partial charge in [0.1, 0.15) is 6.61 Å². The van der Waals surface area contributed by atoms with Crippen molar-refractivity contribution in [1.29, 1.82) is 0 Å². The zero-order chi connectivity index (χ0) is 32.3. The van der Waals surface area contributed by atoms with E-state index < -0.39 is 0 Å². The van der Waals surface area contributed by atoms with E-state index in [-0.39, 0.29) is 36.7 Å². The second-order valence-electron chi connectivity index (χ2n) is 12.5. The van der Waals surface area contributed by atoms with Crippen LogP contribution in [0.1, 0.15) is 64.3 Å². The van der Waals surface area contributed by atoms with Gasteiger partial charge >= 0.3 is 0 Å². The van der Waals surface area contributed by atoms with Gasteiger partial charge in [-0.3, -0.25) is 9.59 Å². The largest absolute Gasteiger partial charge is 0.493 e. The maximum absolute atomic E-state index is 12.6. The first-order chi connectivity index (χ1) is 22.9. The molecule has 13 nitrogen and oxygen atoms in total. The van der Waals surface area contributed by atoms with Crippen LogP contribution in [0.3, 0.4) is 0 Å². The molecule has 5 heterocycles. The summed E-state index contributed by atoms with van der Waals surface area (Å²) >= 11 is 0. The van der Waals surface area contributed by atoms with Crippen LogP contribution in [0.15, 0.2) is 42.6 Å². The lowest BCUT2D eigenvalue weighted by molar-refractivity contribution is -0.137. The smallest absolute Gasteiger partial charge is 0.247 e. The molecule has 7 rings (SSSR count). The molecule has 3 fully saturated rings. The van der Waals surface area contributed by atoms with Crippen LogP contribution in [-0.4, -0.2) is 81.2 Å². The van der Waals surface area contributed by atoms with Crippen molar-refractivity contribution >= 4 is 34.2 Å². The van der Waals surface area contributed by atoms with E-state index in [2.05, 4.69) is 10.4 Å². The Labute approximate surface area is 273 Å². The van der Waals surface area contributed by atoms with Gasteiger partial charge in [-0.25, -0.2) is 9.36 Å². The molecule has 2 aromatic carbocycles. The lowest BCUT2D eigenvalue weighted by atomic mass is 9.94. The molecule has 0 aliphatic carbocycles. The van der Waals surface area contributed by atoms with E-state index in [1.807, 2.05) is 45.9 Å². The molecule has 4 aromatic rings. The number of likely N-dealkylation sites (tertiary alicyclic amines) is 1. The molecule has 1 amide bonds. The Morgan fingerprint density at radius 3 is 2.43 bits per heavy atom. The van der Waals surface area contributed by atoms with Crippen molar-refractivity contribution in [3.63, 3.8) is 0 Å². The minimum atomic E-state index is -0.247. The Bertz CT molecular complexity index is 1730. The van der Waals surface area contributed by atoms with E-state index in [1.54, 1.807) is 25.0 Å². The molecule has 0 radical (unpaired) electrons. The number of methoxy groups -OCH3 is 1. The molecule has 13 heteroatoms. The number of ketones is 1. The third-order valence-electron chi connectivity index (χ3n) is 9.07. The number of fused-ring (bicyclic) bond motifs is 1. The van der Waals surface area contributed by atoms with Crippen molar-refractivity contribution in [1.82, 2.24) is 29.4 Å². The fraction of sp³-hybridized carbons (Fsp3) is 0.500. The van der Waals surface area contributed by atoms with E-state index in [9.17, 15) is 9.59 Å². The second kappa shape index (κ2) is 13.7. The first-order valence-corrected chi connectivity index (χ1v) is 16.5.